The minimum atomic E-state index is -0.513. The lowest BCUT2D eigenvalue weighted by molar-refractivity contribution is 0.0863. The van der Waals surface area contributed by atoms with Crippen molar-refractivity contribution < 1.29 is 9.90 Å². The van der Waals surface area contributed by atoms with Gasteiger partial charge in [-0.3, -0.25) is 9.59 Å². The van der Waals surface area contributed by atoms with Crippen molar-refractivity contribution in [3.8, 4) is 11.4 Å². The van der Waals surface area contributed by atoms with Gasteiger partial charge in [0.15, 0.2) is 11.4 Å². The third-order valence-electron chi connectivity index (χ3n) is 4.72. The lowest BCUT2D eigenvalue weighted by Gasteiger charge is -2.46. The summed E-state index contributed by atoms with van der Waals surface area (Å²) >= 11 is 3.34. The Kier molecular flexibility index (Phi) is 5.38. The van der Waals surface area contributed by atoms with Crippen LogP contribution in [-0.2, 0) is 0 Å². The van der Waals surface area contributed by atoms with E-state index in [1.54, 1.807) is 24.3 Å². The molecule has 0 unspecified atom stereocenters. The van der Waals surface area contributed by atoms with Gasteiger partial charge in [0.2, 0.25) is 0 Å². The summed E-state index contributed by atoms with van der Waals surface area (Å²) in [5.74, 6) is -0.926. The van der Waals surface area contributed by atoms with E-state index in [2.05, 4.69) is 59.4 Å². The largest absolute Gasteiger partial charge is 0.505 e. The maximum Gasteiger partial charge on any atom is 0.275 e. The lowest BCUT2D eigenvalue weighted by Crippen LogP contribution is -2.62. The molecule has 1 aromatic carbocycles. The number of halogens is 1. The molecule has 3 N–H and O–H groups in total. The summed E-state index contributed by atoms with van der Waals surface area (Å²) < 4.78 is 1.97. The van der Waals surface area contributed by atoms with Crippen molar-refractivity contribution in [2.24, 2.45) is 0 Å². The number of nitrogens with zero attached hydrogens (tertiary/aromatic N) is 2. The van der Waals surface area contributed by atoms with E-state index in [0.717, 1.165) is 28.1 Å². The number of carbonyl (C=O) groups excluding carboxylic acids is 1. The molecule has 0 saturated carbocycles. The van der Waals surface area contributed by atoms with Crippen molar-refractivity contribution in [3.05, 3.63) is 50.9 Å². The van der Waals surface area contributed by atoms with Crippen molar-refractivity contribution in [2.45, 2.75) is 57.7 Å². The van der Waals surface area contributed by atoms with Crippen molar-refractivity contribution in [1.82, 2.24) is 20.4 Å². The standard InChI is InChI=1S/C20H25BrN4O3/c1-19(2)10-13(11-20(3,4)24-19)22-18(28)17-15(26)9-16(27)25(23-17)14-7-5-12(21)6-8-14/h5-9,13,24,26H,10-11H2,1-4H3,(H,22,28). The van der Waals surface area contributed by atoms with E-state index in [9.17, 15) is 14.7 Å². The number of amides is 1. The summed E-state index contributed by atoms with van der Waals surface area (Å²) in [5.41, 5.74) is -0.444. The molecule has 1 saturated heterocycles. The highest BCUT2D eigenvalue weighted by molar-refractivity contribution is 9.10. The fourth-order valence-electron chi connectivity index (χ4n) is 4.05. The lowest BCUT2D eigenvalue weighted by atomic mass is 9.79. The molecule has 1 amide bonds. The first kappa shape index (κ1) is 20.5. The molecule has 28 heavy (non-hydrogen) atoms. The maximum atomic E-state index is 12.8. The Morgan fingerprint density at radius 3 is 2.36 bits per heavy atom. The Morgan fingerprint density at radius 1 is 1.21 bits per heavy atom. The third-order valence-corrected chi connectivity index (χ3v) is 5.25. The number of hydrogen-bond acceptors (Lipinski definition) is 5. The highest BCUT2D eigenvalue weighted by Gasteiger charge is 2.38. The van der Waals surface area contributed by atoms with Gasteiger partial charge in [-0.05, 0) is 64.8 Å². The average Bonchev–Trinajstić information content (AvgIpc) is 2.53. The highest BCUT2D eigenvalue weighted by Crippen LogP contribution is 2.29. The summed E-state index contributed by atoms with van der Waals surface area (Å²) in [7, 11) is 0. The first-order valence-electron chi connectivity index (χ1n) is 9.15. The Balaban J connectivity index is 1.88. The highest BCUT2D eigenvalue weighted by atomic mass is 79.9. The van der Waals surface area contributed by atoms with E-state index in [0.29, 0.717) is 5.69 Å². The van der Waals surface area contributed by atoms with Gasteiger partial charge in [-0.15, -0.1) is 0 Å². The summed E-state index contributed by atoms with van der Waals surface area (Å²) in [6.45, 7) is 8.38. The molecule has 0 spiro atoms. The van der Waals surface area contributed by atoms with Crippen molar-refractivity contribution in [1.29, 1.82) is 0 Å². The molecule has 3 rings (SSSR count). The van der Waals surface area contributed by atoms with Crippen molar-refractivity contribution in [3.63, 3.8) is 0 Å². The monoisotopic (exact) mass is 448 g/mol. The number of hydrogen-bond donors (Lipinski definition) is 3. The van der Waals surface area contributed by atoms with Crippen molar-refractivity contribution >= 4 is 21.8 Å². The topological polar surface area (TPSA) is 96.2 Å². The van der Waals surface area contributed by atoms with Gasteiger partial charge in [-0.2, -0.15) is 9.78 Å². The van der Waals surface area contributed by atoms with E-state index >= 15 is 0 Å². The Hall–Kier alpha value is -2.19. The summed E-state index contributed by atoms with van der Waals surface area (Å²) in [4.78, 5) is 25.1. The normalized spacial score (nSPS) is 18.6. The first-order valence-corrected chi connectivity index (χ1v) is 9.95. The van der Waals surface area contributed by atoms with Crippen LogP contribution in [0.25, 0.3) is 5.69 Å². The Bertz CT molecular complexity index is 935. The predicted octanol–water partition coefficient (Wildman–Crippen LogP) is 2.74. The van der Waals surface area contributed by atoms with Crippen LogP contribution in [0.5, 0.6) is 5.75 Å². The molecule has 2 heterocycles. The molecule has 0 bridgehead atoms. The number of aromatic nitrogens is 2. The van der Waals surface area contributed by atoms with E-state index in [4.69, 9.17) is 0 Å². The molecule has 0 radical (unpaired) electrons. The van der Waals surface area contributed by atoms with Gasteiger partial charge in [-0.25, -0.2) is 0 Å². The average molecular weight is 449 g/mol. The molecular formula is C20H25BrN4O3. The van der Waals surface area contributed by atoms with E-state index in [1.807, 2.05) is 0 Å². The van der Waals surface area contributed by atoms with Crippen molar-refractivity contribution in [2.75, 3.05) is 0 Å². The van der Waals surface area contributed by atoms with Gasteiger partial charge < -0.3 is 15.7 Å². The zero-order valence-electron chi connectivity index (χ0n) is 16.4. The number of nitrogens with one attached hydrogen (secondary N) is 2. The quantitative estimate of drug-likeness (QED) is 0.670. The van der Waals surface area contributed by atoms with E-state index in [-0.39, 0.29) is 22.8 Å². The number of benzene rings is 1. The smallest absolute Gasteiger partial charge is 0.275 e. The van der Waals surface area contributed by atoms with Crippen LogP contribution in [0, 0.1) is 0 Å². The molecule has 0 aliphatic carbocycles. The van der Waals surface area contributed by atoms with Crippen LogP contribution in [0.4, 0.5) is 0 Å². The fourth-order valence-corrected chi connectivity index (χ4v) is 4.32. The van der Waals surface area contributed by atoms with Crippen LogP contribution in [-0.4, -0.2) is 37.9 Å². The molecule has 1 aliphatic rings. The summed E-state index contributed by atoms with van der Waals surface area (Å²) in [5, 5.41) is 20.8. The second kappa shape index (κ2) is 7.33. The minimum Gasteiger partial charge on any atom is -0.505 e. The fraction of sp³-hybridized carbons (Fsp3) is 0.450. The molecule has 1 aromatic heterocycles. The summed E-state index contributed by atoms with van der Waals surface area (Å²) in [6.07, 6.45) is 1.49. The Morgan fingerprint density at radius 2 is 1.79 bits per heavy atom. The van der Waals surface area contributed by atoms with Gasteiger partial charge in [-0.1, -0.05) is 15.9 Å². The molecule has 7 nitrogen and oxygen atoms in total. The van der Waals surface area contributed by atoms with Gasteiger partial charge in [0, 0.05) is 27.7 Å². The first-order chi connectivity index (χ1) is 13.0. The maximum absolute atomic E-state index is 12.8. The van der Waals surface area contributed by atoms with Crippen LogP contribution >= 0.6 is 15.9 Å². The van der Waals surface area contributed by atoms with E-state index < -0.39 is 17.2 Å². The van der Waals surface area contributed by atoms with Gasteiger partial charge >= 0.3 is 0 Å². The molecule has 1 aliphatic heterocycles. The van der Waals surface area contributed by atoms with Crippen LogP contribution in [0.2, 0.25) is 0 Å². The molecule has 2 aromatic rings. The molecule has 150 valence electrons. The van der Waals surface area contributed by atoms with Gasteiger partial charge in [0.05, 0.1) is 5.69 Å². The zero-order valence-corrected chi connectivity index (χ0v) is 18.0. The number of carbonyl (C=O) groups is 1. The van der Waals surface area contributed by atoms with Crippen LogP contribution in [0.15, 0.2) is 39.6 Å². The number of rotatable bonds is 3. The Labute approximate surface area is 172 Å². The van der Waals surface area contributed by atoms with E-state index in [1.165, 1.54) is 0 Å². The van der Waals surface area contributed by atoms with Crippen LogP contribution in [0.1, 0.15) is 51.0 Å². The van der Waals surface area contributed by atoms with Crippen LogP contribution in [0.3, 0.4) is 0 Å². The van der Waals surface area contributed by atoms with Gasteiger partial charge in [0.1, 0.15) is 0 Å². The molecular weight excluding hydrogens is 424 g/mol. The third kappa shape index (κ3) is 4.62. The zero-order chi connectivity index (χ0) is 20.7. The predicted molar refractivity (Wildman–Crippen MR) is 111 cm³/mol. The summed E-state index contributed by atoms with van der Waals surface area (Å²) in [6, 6.07) is 7.89. The second-order valence-electron chi connectivity index (χ2n) is 8.58. The SMILES string of the molecule is CC1(C)CC(NC(=O)c2nn(-c3ccc(Br)cc3)c(=O)cc2O)CC(C)(C)N1. The number of piperidine rings is 1. The molecule has 1 fully saturated rings. The molecule has 8 heteroatoms. The second-order valence-corrected chi connectivity index (χ2v) is 9.49. The molecule has 0 atom stereocenters. The minimum absolute atomic E-state index is 0.0759. The van der Waals surface area contributed by atoms with Crippen LogP contribution < -0.4 is 16.2 Å². The number of aromatic hydroxyl groups is 1. The van der Waals surface area contributed by atoms with Gasteiger partial charge in [0.25, 0.3) is 11.5 Å².